The van der Waals surface area contributed by atoms with Gasteiger partial charge in [-0.3, -0.25) is 14.5 Å². The summed E-state index contributed by atoms with van der Waals surface area (Å²) in [5.41, 5.74) is 8.99. The van der Waals surface area contributed by atoms with Crippen LogP contribution < -0.4 is 20.7 Å². The number of carboxylic acids is 1. The van der Waals surface area contributed by atoms with Gasteiger partial charge >= 0.3 is 5.97 Å². The Morgan fingerprint density at radius 2 is 1.98 bits per heavy atom. The fraction of sp³-hybridized carbons (Fsp3) is 0.214. The normalized spacial score (nSPS) is 16.7. The Bertz CT molecular complexity index is 1640. The van der Waals surface area contributed by atoms with E-state index in [9.17, 15) is 24.8 Å². The first-order valence-corrected chi connectivity index (χ1v) is 14.3. The third-order valence-corrected chi connectivity index (χ3v) is 8.75. The zero-order chi connectivity index (χ0) is 29.1. The molecule has 4 N–H and O–H groups in total. The first kappa shape index (κ1) is 27.9. The SMILES string of the molecule is COc1ccc(C2C(C#N)=C(N)N(c3nnc(SCC(=O)Nc4ccccc4C(=O)O)s3)C3=C2C(=O)CCC3)cc1. The van der Waals surface area contributed by atoms with Gasteiger partial charge in [-0.2, -0.15) is 5.26 Å². The monoisotopic (exact) mass is 588 g/mol. The van der Waals surface area contributed by atoms with Gasteiger partial charge in [0.05, 0.1) is 41.7 Å². The number of para-hydroxylation sites is 1. The van der Waals surface area contributed by atoms with Crippen LogP contribution in [0, 0.1) is 11.3 Å². The smallest absolute Gasteiger partial charge is 0.337 e. The number of methoxy groups -OCH3 is 1. The fourth-order valence-corrected chi connectivity index (χ4v) is 6.56. The first-order chi connectivity index (χ1) is 19.8. The number of amides is 1. The van der Waals surface area contributed by atoms with E-state index in [-0.39, 0.29) is 34.2 Å². The molecule has 208 valence electrons. The topological polar surface area (TPSA) is 172 Å². The molecule has 0 bridgehead atoms. The number of ether oxygens (including phenoxy) is 1. The molecule has 0 spiro atoms. The van der Waals surface area contributed by atoms with Crippen molar-refractivity contribution in [3.8, 4) is 11.8 Å². The summed E-state index contributed by atoms with van der Waals surface area (Å²) < 4.78 is 5.73. The largest absolute Gasteiger partial charge is 0.497 e. The van der Waals surface area contributed by atoms with Gasteiger partial charge in [0.25, 0.3) is 0 Å². The zero-order valence-electron chi connectivity index (χ0n) is 21.8. The summed E-state index contributed by atoms with van der Waals surface area (Å²) in [6.45, 7) is 0. The molecular weight excluding hydrogens is 564 g/mol. The van der Waals surface area contributed by atoms with Crippen LogP contribution in [-0.4, -0.2) is 45.8 Å². The Hall–Kier alpha value is -4.67. The van der Waals surface area contributed by atoms with E-state index in [1.165, 1.54) is 23.5 Å². The van der Waals surface area contributed by atoms with Gasteiger partial charge in [0.1, 0.15) is 11.6 Å². The molecule has 41 heavy (non-hydrogen) atoms. The number of nitriles is 1. The maximum Gasteiger partial charge on any atom is 0.337 e. The summed E-state index contributed by atoms with van der Waals surface area (Å²) in [6.07, 6.45) is 1.58. The minimum Gasteiger partial charge on any atom is -0.497 e. The minimum atomic E-state index is -1.14. The van der Waals surface area contributed by atoms with E-state index < -0.39 is 17.8 Å². The molecule has 11 nitrogen and oxygen atoms in total. The van der Waals surface area contributed by atoms with Crippen LogP contribution in [0.3, 0.4) is 0 Å². The van der Waals surface area contributed by atoms with Crippen LogP contribution in [0.4, 0.5) is 10.8 Å². The number of carbonyl (C=O) groups is 3. The van der Waals surface area contributed by atoms with Crippen LogP contribution in [0.25, 0.3) is 0 Å². The molecule has 0 saturated heterocycles. The van der Waals surface area contributed by atoms with Crippen molar-refractivity contribution in [3.05, 3.63) is 82.3 Å². The summed E-state index contributed by atoms with van der Waals surface area (Å²) in [6, 6.07) is 15.6. The Balaban J connectivity index is 1.40. The van der Waals surface area contributed by atoms with E-state index in [1.54, 1.807) is 36.3 Å². The number of carbonyl (C=O) groups excluding carboxylic acids is 2. The number of benzene rings is 2. The molecule has 2 aliphatic rings. The predicted octanol–water partition coefficient (Wildman–Crippen LogP) is 4.28. The van der Waals surface area contributed by atoms with Gasteiger partial charge in [0.2, 0.25) is 11.0 Å². The average molecular weight is 589 g/mol. The second kappa shape index (κ2) is 11.8. The quantitative estimate of drug-likeness (QED) is 0.321. The zero-order valence-corrected chi connectivity index (χ0v) is 23.4. The number of nitrogens with one attached hydrogen (secondary N) is 1. The van der Waals surface area contributed by atoms with Gasteiger partial charge in [-0.25, -0.2) is 4.79 Å². The molecule has 2 heterocycles. The predicted molar refractivity (Wildman–Crippen MR) is 154 cm³/mol. The number of rotatable bonds is 8. The fourth-order valence-electron chi connectivity index (χ4n) is 4.88. The molecule has 0 saturated carbocycles. The second-order valence-electron chi connectivity index (χ2n) is 9.13. The summed E-state index contributed by atoms with van der Waals surface area (Å²) in [4.78, 5) is 38.9. The molecule has 1 amide bonds. The van der Waals surface area contributed by atoms with Gasteiger partial charge < -0.3 is 20.9 Å². The van der Waals surface area contributed by atoms with Crippen molar-refractivity contribution in [1.82, 2.24) is 10.2 Å². The van der Waals surface area contributed by atoms with Crippen LogP contribution in [0.1, 0.15) is 41.1 Å². The van der Waals surface area contributed by atoms with Crippen molar-refractivity contribution in [1.29, 1.82) is 5.26 Å². The van der Waals surface area contributed by atoms with Crippen molar-refractivity contribution in [3.63, 3.8) is 0 Å². The number of hydrogen-bond acceptors (Lipinski definition) is 11. The number of anilines is 2. The van der Waals surface area contributed by atoms with Crippen molar-refractivity contribution in [2.24, 2.45) is 5.73 Å². The molecule has 1 unspecified atom stereocenters. The maximum atomic E-state index is 13.3. The number of hydrogen-bond donors (Lipinski definition) is 3. The highest BCUT2D eigenvalue weighted by Crippen LogP contribution is 2.47. The molecule has 13 heteroatoms. The molecule has 2 aromatic carbocycles. The number of ketones is 1. The summed E-state index contributed by atoms with van der Waals surface area (Å²) in [7, 11) is 1.57. The van der Waals surface area contributed by atoms with Gasteiger partial charge in [0.15, 0.2) is 10.1 Å². The van der Waals surface area contributed by atoms with Crippen LogP contribution in [0.2, 0.25) is 0 Å². The van der Waals surface area contributed by atoms with E-state index in [1.807, 2.05) is 12.1 Å². The molecule has 0 fully saturated rings. The van der Waals surface area contributed by atoms with Crippen molar-refractivity contribution >= 4 is 51.6 Å². The molecular formula is C28H24N6O5S2. The van der Waals surface area contributed by atoms with Crippen LogP contribution >= 0.6 is 23.1 Å². The molecule has 1 aliphatic heterocycles. The third-order valence-electron chi connectivity index (χ3n) is 6.71. The van der Waals surface area contributed by atoms with E-state index in [4.69, 9.17) is 10.5 Å². The summed E-state index contributed by atoms with van der Waals surface area (Å²) >= 11 is 2.31. The van der Waals surface area contributed by atoms with Gasteiger partial charge in [-0.15, -0.1) is 10.2 Å². The maximum absolute atomic E-state index is 13.3. The van der Waals surface area contributed by atoms with Crippen molar-refractivity contribution in [2.45, 2.75) is 29.5 Å². The highest BCUT2D eigenvalue weighted by atomic mass is 32.2. The highest BCUT2D eigenvalue weighted by Gasteiger charge is 2.41. The van der Waals surface area contributed by atoms with Crippen LogP contribution in [0.15, 0.2) is 75.5 Å². The van der Waals surface area contributed by atoms with E-state index in [0.717, 1.165) is 17.3 Å². The number of nitrogens with two attached hydrogens (primary N) is 1. The van der Waals surface area contributed by atoms with Gasteiger partial charge in [-0.1, -0.05) is 47.4 Å². The van der Waals surface area contributed by atoms with Crippen LogP contribution in [-0.2, 0) is 9.59 Å². The lowest BCUT2D eigenvalue weighted by molar-refractivity contribution is -0.116. The van der Waals surface area contributed by atoms with Crippen molar-refractivity contribution in [2.75, 3.05) is 23.1 Å². The number of nitrogens with zero attached hydrogens (tertiary/aromatic N) is 4. The van der Waals surface area contributed by atoms with E-state index >= 15 is 0 Å². The van der Waals surface area contributed by atoms with E-state index in [2.05, 4.69) is 21.6 Å². The number of Topliss-reactive ketones (excluding diaryl/α,β-unsaturated/α-hetero) is 1. The Morgan fingerprint density at radius 1 is 1.22 bits per heavy atom. The third kappa shape index (κ3) is 5.52. The highest BCUT2D eigenvalue weighted by molar-refractivity contribution is 8.01. The molecule has 1 atom stereocenters. The molecule has 5 rings (SSSR count). The number of allylic oxidation sites excluding steroid dienone is 3. The van der Waals surface area contributed by atoms with Crippen molar-refractivity contribution < 1.29 is 24.2 Å². The number of aromatic carboxylic acids is 1. The second-order valence-corrected chi connectivity index (χ2v) is 11.3. The van der Waals surface area contributed by atoms with Gasteiger partial charge in [0, 0.05) is 17.7 Å². The molecule has 1 aromatic heterocycles. The lowest BCUT2D eigenvalue weighted by atomic mass is 9.76. The lowest BCUT2D eigenvalue weighted by Gasteiger charge is -2.38. The van der Waals surface area contributed by atoms with Crippen LogP contribution in [0.5, 0.6) is 5.75 Å². The Labute approximate surface area is 243 Å². The summed E-state index contributed by atoms with van der Waals surface area (Å²) in [5.74, 6) is -1.41. The Kier molecular flexibility index (Phi) is 8.04. The first-order valence-electron chi connectivity index (χ1n) is 12.5. The average Bonchev–Trinajstić information content (AvgIpc) is 3.44. The van der Waals surface area contributed by atoms with Gasteiger partial charge in [-0.05, 0) is 42.7 Å². The number of thioether (sulfide) groups is 1. The van der Waals surface area contributed by atoms with E-state index in [0.29, 0.717) is 45.8 Å². The summed E-state index contributed by atoms with van der Waals surface area (Å²) in [5, 5.41) is 31.0. The minimum absolute atomic E-state index is 0.0104. The Morgan fingerprint density at radius 3 is 2.68 bits per heavy atom. The molecule has 3 aromatic rings. The standard InChI is InChI=1S/C28H24N6O5S2/c1-39-16-11-9-15(10-12-16)23-18(13-29)25(30)34(20-7-4-8-21(35)24(20)23)27-32-33-28(41-27)40-14-22(36)31-19-6-3-2-5-17(19)26(37)38/h2-3,5-6,9-12,23H,4,7-8,14,30H2,1H3,(H,31,36)(H,37,38). The number of carboxylic acid groups (broad SMARTS) is 1. The lowest BCUT2D eigenvalue weighted by Crippen LogP contribution is -2.38. The molecule has 0 radical (unpaired) electrons. The number of aromatic nitrogens is 2. The molecule has 1 aliphatic carbocycles.